The number of carbonyl (C=O) groups excluding carboxylic acids is 1. The molecule has 0 spiro atoms. The van der Waals surface area contributed by atoms with Crippen LogP contribution >= 0.6 is 0 Å². The molecule has 2 aromatic rings. The number of likely N-dealkylation sites (N-methyl/N-ethyl adjacent to an activating group) is 1. The fourth-order valence-corrected chi connectivity index (χ4v) is 3.11. The smallest absolute Gasteiger partial charge is 0.253 e. The van der Waals surface area contributed by atoms with E-state index in [9.17, 15) is 14.3 Å². The van der Waals surface area contributed by atoms with Crippen molar-refractivity contribution in [2.45, 2.75) is 26.4 Å². The summed E-state index contributed by atoms with van der Waals surface area (Å²) in [6.45, 7) is 5.97. The second kappa shape index (κ2) is 7.37. The van der Waals surface area contributed by atoms with Crippen molar-refractivity contribution < 1.29 is 14.3 Å². The van der Waals surface area contributed by atoms with Crippen molar-refractivity contribution in [3.05, 3.63) is 53.1 Å². The van der Waals surface area contributed by atoms with E-state index in [-0.39, 0.29) is 18.3 Å². The Hall–Kier alpha value is -2.18. The minimum atomic E-state index is -1.02. The van der Waals surface area contributed by atoms with Gasteiger partial charge in [-0.2, -0.15) is 0 Å². The molecule has 0 saturated heterocycles. The van der Waals surface area contributed by atoms with Crippen molar-refractivity contribution in [2.75, 3.05) is 27.2 Å². The zero-order valence-electron chi connectivity index (χ0n) is 15.4. The van der Waals surface area contributed by atoms with Gasteiger partial charge in [0.2, 0.25) is 0 Å². The van der Waals surface area contributed by atoms with Crippen LogP contribution in [0.2, 0.25) is 0 Å². The average Bonchev–Trinajstić information content (AvgIpc) is 2.78. The third-order valence-electron chi connectivity index (χ3n) is 4.03. The van der Waals surface area contributed by atoms with Crippen molar-refractivity contribution >= 4 is 5.91 Å². The highest BCUT2D eigenvalue weighted by Gasteiger charge is 2.24. The first-order valence-electron chi connectivity index (χ1n) is 8.21. The second-order valence-electron chi connectivity index (χ2n) is 7.02. The lowest BCUT2D eigenvalue weighted by Crippen LogP contribution is -2.47. The SMILES string of the molecule is Cc1cc(C(=O)NCC(C)(O)CN(C)C)c(C)n1-c1cccc(F)c1. The van der Waals surface area contributed by atoms with Crippen LogP contribution in [-0.4, -0.2) is 53.3 Å². The molecule has 0 aliphatic heterocycles. The summed E-state index contributed by atoms with van der Waals surface area (Å²) in [7, 11) is 3.73. The van der Waals surface area contributed by atoms with Gasteiger partial charge < -0.3 is 19.9 Å². The Balaban J connectivity index is 2.21. The largest absolute Gasteiger partial charge is 0.387 e. The molecule has 1 atom stereocenters. The Bertz CT molecular complexity index is 766. The van der Waals surface area contributed by atoms with Gasteiger partial charge in [-0.1, -0.05) is 6.07 Å². The molecule has 0 aliphatic carbocycles. The van der Waals surface area contributed by atoms with Gasteiger partial charge in [0.05, 0.1) is 11.2 Å². The van der Waals surface area contributed by atoms with Crippen LogP contribution in [0.1, 0.15) is 28.7 Å². The number of aromatic nitrogens is 1. The fourth-order valence-electron chi connectivity index (χ4n) is 3.11. The maximum absolute atomic E-state index is 13.5. The maximum atomic E-state index is 13.5. The summed E-state index contributed by atoms with van der Waals surface area (Å²) in [6, 6.07) is 8.03. The van der Waals surface area contributed by atoms with Crippen molar-refractivity contribution in [1.82, 2.24) is 14.8 Å². The molecule has 0 radical (unpaired) electrons. The Morgan fingerprint density at radius 2 is 2.00 bits per heavy atom. The summed E-state index contributed by atoms with van der Waals surface area (Å²) >= 11 is 0. The topological polar surface area (TPSA) is 57.5 Å². The van der Waals surface area contributed by atoms with Crippen LogP contribution in [-0.2, 0) is 0 Å². The number of hydrogen-bond acceptors (Lipinski definition) is 3. The van der Waals surface area contributed by atoms with Crippen LogP contribution in [0.5, 0.6) is 0 Å². The monoisotopic (exact) mass is 347 g/mol. The molecule has 5 nitrogen and oxygen atoms in total. The second-order valence-corrected chi connectivity index (χ2v) is 7.02. The number of nitrogens with one attached hydrogen (secondary N) is 1. The molecule has 6 heteroatoms. The number of aryl methyl sites for hydroxylation is 1. The highest BCUT2D eigenvalue weighted by atomic mass is 19.1. The van der Waals surface area contributed by atoms with Crippen molar-refractivity contribution in [3.63, 3.8) is 0 Å². The maximum Gasteiger partial charge on any atom is 0.253 e. The van der Waals surface area contributed by atoms with E-state index < -0.39 is 5.60 Å². The summed E-state index contributed by atoms with van der Waals surface area (Å²) in [5, 5.41) is 13.1. The molecule has 1 aromatic carbocycles. The number of hydrogen-bond donors (Lipinski definition) is 2. The van der Waals surface area contributed by atoms with E-state index in [1.165, 1.54) is 12.1 Å². The number of benzene rings is 1. The summed E-state index contributed by atoms with van der Waals surface area (Å²) in [5.74, 6) is -0.578. The van der Waals surface area contributed by atoms with Gasteiger partial charge in [-0.15, -0.1) is 0 Å². The Morgan fingerprint density at radius 1 is 1.32 bits per heavy atom. The number of carbonyl (C=O) groups is 1. The first kappa shape index (κ1) is 19.1. The average molecular weight is 347 g/mol. The number of aliphatic hydroxyl groups is 1. The lowest BCUT2D eigenvalue weighted by molar-refractivity contribution is 0.0326. The van der Waals surface area contributed by atoms with E-state index >= 15 is 0 Å². The molecule has 1 amide bonds. The zero-order chi connectivity index (χ0) is 18.8. The fraction of sp³-hybridized carbons (Fsp3) is 0.421. The molecular weight excluding hydrogens is 321 g/mol. The minimum Gasteiger partial charge on any atom is -0.387 e. The van der Waals surface area contributed by atoms with Crippen LogP contribution < -0.4 is 5.32 Å². The first-order valence-corrected chi connectivity index (χ1v) is 8.21. The van der Waals surface area contributed by atoms with Gasteiger partial charge in [0, 0.05) is 30.2 Å². The molecule has 0 aliphatic rings. The summed E-state index contributed by atoms with van der Waals surface area (Å²) < 4.78 is 15.4. The molecule has 0 fully saturated rings. The predicted molar refractivity (Wildman–Crippen MR) is 96.7 cm³/mol. The lowest BCUT2D eigenvalue weighted by atomic mass is 10.1. The third-order valence-corrected chi connectivity index (χ3v) is 4.03. The van der Waals surface area contributed by atoms with Crippen molar-refractivity contribution in [1.29, 1.82) is 0 Å². The molecule has 1 unspecified atom stereocenters. The van der Waals surface area contributed by atoms with E-state index in [4.69, 9.17) is 0 Å². The number of halogens is 1. The van der Waals surface area contributed by atoms with E-state index in [1.54, 1.807) is 25.1 Å². The molecular formula is C19H26FN3O2. The minimum absolute atomic E-state index is 0.146. The van der Waals surface area contributed by atoms with Crippen LogP contribution in [0.25, 0.3) is 5.69 Å². The van der Waals surface area contributed by atoms with Gasteiger partial charge in [0.15, 0.2) is 0 Å². The zero-order valence-corrected chi connectivity index (χ0v) is 15.4. The van der Waals surface area contributed by atoms with Crippen LogP contribution in [0.4, 0.5) is 4.39 Å². The normalized spacial score (nSPS) is 13.8. The van der Waals surface area contributed by atoms with E-state index in [2.05, 4.69) is 5.32 Å². The highest BCUT2D eigenvalue weighted by molar-refractivity contribution is 5.96. The van der Waals surface area contributed by atoms with Gasteiger partial charge in [-0.05, 0) is 59.1 Å². The van der Waals surface area contributed by atoms with Gasteiger partial charge in [0.25, 0.3) is 5.91 Å². The molecule has 25 heavy (non-hydrogen) atoms. The molecule has 1 aromatic heterocycles. The van der Waals surface area contributed by atoms with E-state index in [1.807, 2.05) is 37.4 Å². The van der Waals surface area contributed by atoms with Gasteiger partial charge in [-0.3, -0.25) is 4.79 Å². The summed E-state index contributed by atoms with van der Waals surface area (Å²) in [4.78, 5) is 14.4. The van der Waals surface area contributed by atoms with Crippen molar-refractivity contribution in [3.8, 4) is 5.69 Å². The molecule has 136 valence electrons. The van der Waals surface area contributed by atoms with Gasteiger partial charge in [-0.25, -0.2) is 4.39 Å². The Labute approximate surface area is 148 Å². The lowest BCUT2D eigenvalue weighted by Gasteiger charge is -2.27. The van der Waals surface area contributed by atoms with Crippen LogP contribution in [0.15, 0.2) is 30.3 Å². The Kier molecular flexibility index (Phi) is 5.65. The molecule has 1 heterocycles. The predicted octanol–water partition coefficient (Wildman–Crippen LogP) is 2.28. The number of amides is 1. The Morgan fingerprint density at radius 3 is 2.60 bits per heavy atom. The van der Waals surface area contributed by atoms with Crippen LogP contribution in [0.3, 0.4) is 0 Å². The standard InChI is InChI=1S/C19H26FN3O2/c1-13-9-17(18(24)21-11-19(3,25)12-22(4)5)14(2)23(13)16-8-6-7-15(20)10-16/h6-10,25H,11-12H2,1-5H3,(H,21,24). The third kappa shape index (κ3) is 4.67. The highest BCUT2D eigenvalue weighted by Crippen LogP contribution is 2.21. The summed E-state index contributed by atoms with van der Waals surface area (Å²) in [6.07, 6.45) is 0. The van der Waals surface area contributed by atoms with Gasteiger partial charge >= 0.3 is 0 Å². The number of nitrogens with zero attached hydrogens (tertiary/aromatic N) is 2. The van der Waals surface area contributed by atoms with E-state index in [0.29, 0.717) is 17.8 Å². The molecule has 0 bridgehead atoms. The molecule has 0 saturated carbocycles. The quantitative estimate of drug-likeness (QED) is 0.843. The molecule has 2 N–H and O–H groups in total. The van der Waals surface area contributed by atoms with E-state index in [0.717, 1.165) is 11.4 Å². The van der Waals surface area contributed by atoms with Crippen LogP contribution in [0, 0.1) is 19.7 Å². The number of rotatable bonds is 6. The molecule has 2 rings (SSSR count). The summed E-state index contributed by atoms with van der Waals surface area (Å²) in [5.41, 5.74) is 1.74. The first-order chi connectivity index (χ1) is 11.6. The van der Waals surface area contributed by atoms with Crippen molar-refractivity contribution in [2.24, 2.45) is 0 Å². The van der Waals surface area contributed by atoms with Gasteiger partial charge in [0.1, 0.15) is 5.82 Å².